The number of hydrogen-bond donors (Lipinski definition) is 1. The number of carbonyl (C=O) groups is 1. The maximum absolute atomic E-state index is 12.2. The van der Waals surface area contributed by atoms with Gasteiger partial charge in [-0.05, 0) is 32.4 Å². The zero-order valence-corrected chi connectivity index (χ0v) is 13.8. The van der Waals surface area contributed by atoms with E-state index >= 15 is 0 Å². The van der Waals surface area contributed by atoms with Crippen molar-refractivity contribution in [3.05, 3.63) is 59.2 Å². The van der Waals surface area contributed by atoms with Crippen LogP contribution >= 0.6 is 0 Å². The first-order valence-corrected chi connectivity index (χ1v) is 7.61. The number of carbonyl (C=O) groups excluding carboxylic acids is 1. The summed E-state index contributed by atoms with van der Waals surface area (Å²) in [6.07, 6.45) is 0.666. The molecule has 0 aliphatic carbocycles. The first-order chi connectivity index (χ1) is 11.5. The van der Waals surface area contributed by atoms with Gasteiger partial charge in [0.15, 0.2) is 0 Å². The molecule has 24 heavy (non-hydrogen) atoms. The third kappa shape index (κ3) is 3.45. The summed E-state index contributed by atoms with van der Waals surface area (Å²) in [4.78, 5) is 20.6. The summed E-state index contributed by atoms with van der Waals surface area (Å²) in [7, 11) is 0. The third-order valence-electron chi connectivity index (χ3n) is 3.47. The van der Waals surface area contributed by atoms with Crippen LogP contribution in [0.1, 0.15) is 34.5 Å². The van der Waals surface area contributed by atoms with Gasteiger partial charge in [0, 0.05) is 23.5 Å². The molecule has 0 bridgehead atoms. The second-order valence-corrected chi connectivity index (χ2v) is 5.64. The predicted octanol–water partition coefficient (Wildman–Crippen LogP) is 2.09. The SMILES string of the molecule is C/C(Cc1ccccc1)=N\NC(=O)c1nc2nc(C)cc(C)n2n1. The molecule has 0 unspecified atom stereocenters. The summed E-state index contributed by atoms with van der Waals surface area (Å²) >= 11 is 0. The Morgan fingerprint density at radius 2 is 1.96 bits per heavy atom. The van der Waals surface area contributed by atoms with Crippen molar-refractivity contribution in [3.63, 3.8) is 0 Å². The van der Waals surface area contributed by atoms with Crippen LogP contribution in [-0.4, -0.2) is 31.2 Å². The van der Waals surface area contributed by atoms with Crippen molar-refractivity contribution in [1.29, 1.82) is 0 Å². The number of aromatic nitrogens is 4. The first kappa shape index (κ1) is 15.8. The lowest BCUT2D eigenvalue weighted by atomic mass is 10.1. The molecule has 7 nitrogen and oxygen atoms in total. The summed E-state index contributed by atoms with van der Waals surface area (Å²) in [5, 5.41) is 8.29. The Bertz CT molecular complexity index is 913. The van der Waals surface area contributed by atoms with E-state index in [4.69, 9.17) is 0 Å². The second kappa shape index (κ2) is 6.57. The fraction of sp³-hybridized carbons (Fsp3) is 0.235. The van der Waals surface area contributed by atoms with E-state index in [2.05, 4.69) is 25.6 Å². The second-order valence-electron chi connectivity index (χ2n) is 5.64. The molecule has 3 aromatic rings. The van der Waals surface area contributed by atoms with Crippen LogP contribution in [0.3, 0.4) is 0 Å². The van der Waals surface area contributed by atoms with Crippen LogP contribution < -0.4 is 5.43 Å². The molecule has 0 spiro atoms. The van der Waals surface area contributed by atoms with Gasteiger partial charge in [-0.25, -0.2) is 14.9 Å². The van der Waals surface area contributed by atoms with Gasteiger partial charge in [-0.2, -0.15) is 10.1 Å². The molecule has 1 N–H and O–H groups in total. The smallest absolute Gasteiger partial charge is 0.264 e. The van der Waals surface area contributed by atoms with Gasteiger partial charge in [0.05, 0.1) is 0 Å². The first-order valence-electron chi connectivity index (χ1n) is 7.61. The lowest BCUT2D eigenvalue weighted by Crippen LogP contribution is -2.21. The lowest BCUT2D eigenvalue weighted by Gasteiger charge is -2.01. The van der Waals surface area contributed by atoms with Crippen LogP contribution in [-0.2, 0) is 6.42 Å². The van der Waals surface area contributed by atoms with Crippen molar-refractivity contribution in [3.8, 4) is 0 Å². The molecule has 0 saturated carbocycles. The van der Waals surface area contributed by atoms with Crippen molar-refractivity contribution in [2.75, 3.05) is 0 Å². The molecule has 0 fully saturated rings. The highest BCUT2D eigenvalue weighted by Crippen LogP contribution is 2.05. The zero-order chi connectivity index (χ0) is 17.1. The summed E-state index contributed by atoms with van der Waals surface area (Å²) in [5.41, 5.74) is 6.12. The quantitative estimate of drug-likeness (QED) is 0.589. The van der Waals surface area contributed by atoms with E-state index in [0.29, 0.717) is 12.2 Å². The molecule has 0 aliphatic rings. The predicted molar refractivity (Wildman–Crippen MR) is 91.0 cm³/mol. The molecule has 1 aromatic carbocycles. The van der Waals surface area contributed by atoms with E-state index < -0.39 is 5.91 Å². The molecule has 0 saturated heterocycles. The average molecular weight is 322 g/mol. The molecular formula is C17H18N6O. The number of rotatable bonds is 4. The monoisotopic (exact) mass is 322 g/mol. The highest BCUT2D eigenvalue weighted by molar-refractivity contribution is 5.92. The minimum absolute atomic E-state index is 0.0486. The Labute approximate surface area is 139 Å². The van der Waals surface area contributed by atoms with Crippen molar-refractivity contribution < 1.29 is 4.79 Å². The van der Waals surface area contributed by atoms with Crippen molar-refractivity contribution in [1.82, 2.24) is 25.0 Å². The third-order valence-corrected chi connectivity index (χ3v) is 3.47. The standard InChI is InChI=1S/C17H18N6O/c1-11-9-13(3)23-17(18-11)19-15(22-23)16(24)21-20-12(2)10-14-7-5-4-6-8-14/h4-9H,10H2,1-3H3,(H,21,24)/b20-12+. The Hall–Kier alpha value is -3.09. The fourth-order valence-corrected chi connectivity index (χ4v) is 2.39. The summed E-state index contributed by atoms with van der Waals surface area (Å²) < 4.78 is 1.54. The van der Waals surface area contributed by atoms with Crippen LogP contribution in [0.15, 0.2) is 41.5 Å². The van der Waals surface area contributed by atoms with Crippen molar-refractivity contribution >= 4 is 17.4 Å². The summed E-state index contributed by atoms with van der Waals surface area (Å²) in [6, 6.07) is 11.8. The highest BCUT2D eigenvalue weighted by atomic mass is 16.2. The maximum Gasteiger partial charge on any atom is 0.311 e. The van der Waals surface area contributed by atoms with Crippen molar-refractivity contribution in [2.45, 2.75) is 27.2 Å². The molecule has 7 heteroatoms. The molecular weight excluding hydrogens is 304 g/mol. The summed E-state index contributed by atoms with van der Waals surface area (Å²) in [6.45, 7) is 5.62. The van der Waals surface area contributed by atoms with Gasteiger partial charge in [0.1, 0.15) is 0 Å². The average Bonchev–Trinajstić information content (AvgIpc) is 2.98. The van der Waals surface area contributed by atoms with E-state index in [1.54, 1.807) is 4.52 Å². The zero-order valence-electron chi connectivity index (χ0n) is 13.8. The van der Waals surface area contributed by atoms with Crippen LogP contribution in [0.25, 0.3) is 5.78 Å². The molecule has 2 heterocycles. The number of aryl methyl sites for hydroxylation is 2. The van der Waals surface area contributed by atoms with Crippen molar-refractivity contribution in [2.24, 2.45) is 5.10 Å². The van der Waals surface area contributed by atoms with Gasteiger partial charge in [-0.3, -0.25) is 4.79 Å². The van der Waals surface area contributed by atoms with E-state index in [0.717, 1.165) is 22.7 Å². The number of hydrogen-bond acceptors (Lipinski definition) is 5. The number of amides is 1. The molecule has 0 radical (unpaired) electrons. The molecule has 122 valence electrons. The van der Waals surface area contributed by atoms with Gasteiger partial charge in [-0.15, -0.1) is 5.10 Å². The Morgan fingerprint density at radius 3 is 2.71 bits per heavy atom. The molecule has 1 amide bonds. The minimum Gasteiger partial charge on any atom is -0.264 e. The van der Waals surface area contributed by atoms with Gasteiger partial charge in [0.2, 0.25) is 5.82 Å². The molecule has 3 rings (SSSR count). The number of fused-ring (bicyclic) bond motifs is 1. The van der Waals surface area contributed by atoms with Crippen LogP contribution in [0.2, 0.25) is 0 Å². The number of nitrogens with one attached hydrogen (secondary N) is 1. The highest BCUT2D eigenvalue weighted by Gasteiger charge is 2.14. The number of hydrazone groups is 1. The fourth-order valence-electron chi connectivity index (χ4n) is 2.39. The lowest BCUT2D eigenvalue weighted by molar-refractivity contribution is 0.0944. The van der Waals surface area contributed by atoms with Crippen LogP contribution in [0.4, 0.5) is 0 Å². The minimum atomic E-state index is -0.454. The van der Waals surface area contributed by atoms with Crippen LogP contribution in [0, 0.1) is 13.8 Å². The topological polar surface area (TPSA) is 84.5 Å². The Morgan fingerprint density at radius 1 is 1.21 bits per heavy atom. The van der Waals surface area contributed by atoms with E-state index in [1.165, 1.54) is 0 Å². The van der Waals surface area contributed by atoms with Gasteiger partial charge in [-0.1, -0.05) is 30.3 Å². The number of benzene rings is 1. The summed E-state index contributed by atoms with van der Waals surface area (Å²) in [5.74, 6) is 0.0000583. The van der Waals surface area contributed by atoms with E-state index in [1.807, 2.05) is 57.2 Å². The number of nitrogens with zero attached hydrogens (tertiary/aromatic N) is 5. The van der Waals surface area contributed by atoms with E-state index in [9.17, 15) is 4.79 Å². The molecule has 0 aliphatic heterocycles. The van der Waals surface area contributed by atoms with Gasteiger partial charge < -0.3 is 0 Å². The normalized spacial score (nSPS) is 11.7. The van der Waals surface area contributed by atoms with Gasteiger partial charge >= 0.3 is 5.91 Å². The molecule has 0 atom stereocenters. The largest absolute Gasteiger partial charge is 0.311 e. The van der Waals surface area contributed by atoms with Crippen LogP contribution in [0.5, 0.6) is 0 Å². The maximum atomic E-state index is 12.2. The van der Waals surface area contributed by atoms with E-state index in [-0.39, 0.29) is 5.82 Å². The Kier molecular flexibility index (Phi) is 4.33. The molecule has 2 aromatic heterocycles. The van der Waals surface area contributed by atoms with Gasteiger partial charge in [0.25, 0.3) is 5.78 Å². The Balaban J connectivity index is 1.73.